The Labute approximate surface area is 104 Å². The summed E-state index contributed by atoms with van der Waals surface area (Å²) in [7, 11) is 1.54. The van der Waals surface area contributed by atoms with Crippen molar-refractivity contribution in [2.24, 2.45) is 5.92 Å². The van der Waals surface area contributed by atoms with E-state index in [-0.39, 0.29) is 30.8 Å². The van der Waals surface area contributed by atoms with E-state index in [2.05, 4.69) is 0 Å². The number of carbonyl (C=O) groups is 3. The number of carbonyl (C=O) groups excluding carboxylic acids is 2. The summed E-state index contributed by atoms with van der Waals surface area (Å²) in [5.74, 6) is -1.93. The molecule has 2 fully saturated rings. The summed E-state index contributed by atoms with van der Waals surface area (Å²) in [4.78, 5) is 37.5. The van der Waals surface area contributed by atoms with Gasteiger partial charge in [0.15, 0.2) is 0 Å². The lowest BCUT2D eigenvalue weighted by molar-refractivity contribution is -0.160. The van der Waals surface area contributed by atoms with Crippen LogP contribution in [0.25, 0.3) is 0 Å². The largest absolute Gasteiger partial charge is 0.480 e. The van der Waals surface area contributed by atoms with Gasteiger partial charge in [-0.3, -0.25) is 9.59 Å². The van der Waals surface area contributed by atoms with Gasteiger partial charge in [0.2, 0.25) is 11.8 Å². The van der Waals surface area contributed by atoms with E-state index >= 15 is 0 Å². The molecule has 0 spiro atoms. The number of piperazine rings is 1. The number of rotatable bonds is 2. The monoisotopic (exact) mass is 256 g/mol. The fourth-order valence-electron chi connectivity index (χ4n) is 2.24. The average Bonchev–Trinajstić information content (AvgIpc) is 2.84. The van der Waals surface area contributed by atoms with Crippen molar-refractivity contribution in [1.29, 1.82) is 0 Å². The van der Waals surface area contributed by atoms with E-state index in [0.29, 0.717) is 19.6 Å². The Morgan fingerprint density at radius 3 is 2.72 bits per heavy atom. The third-order valence-electron chi connectivity index (χ3n) is 3.40. The molecule has 2 heterocycles. The second-order valence-electron chi connectivity index (χ2n) is 4.65. The minimum absolute atomic E-state index is 0.0352. The molecule has 0 bridgehead atoms. The number of nitrogens with zero attached hydrogens (tertiary/aromatic N) is 2. The van der Waals surface area contributed by atoms with Crippen LogP contribution in [0.1, 0.15) is 6.42 Å². The Morgan fingerprint density at radius 1 is 1.44 bits per heavy atom. The van der Waals surface area contributed by atoms with Crippen LogP contribution in [0.5, 0.6) is 0 Å². The van der Waals surface area contributed by atoms with Gasteiger partial charge in [0.1, 0.15) is 12.6 Å². The molecule has 0 radical (unpaired) electrons. The minimum Gasteiger partial charge on any atom is -0.480 e. The maximum atomic E-state index is 12.2. The van der Waals surface area contributed by atoms with E-state index in [4.69, 9.17) is 9.84 Å². The number of amides is 2. The normalized spacial score (nSPS) is 28.6. The summed E-state index contributed by atoms with van der Waals surface area (Å²) in [6, 6.07) is -0.958. The summed E-state index contributed by atoms with van der Waals surface area (Å²) in [5.41, 5.74) is 0. The summed E-state index contributed by atoms with van der Waals surface area (Å²) in [6.07, 6.45) is 0.589. The van der Waals surface area contributed by atoms with E-state index in [9.17, 15) is 14.4 Å². The highest BCUT2D eigenvalue weighted by atomic mass is 16.5. The lowest BCUT2D eigenvalue weighted by atomic mass is 10.0. The molecule has 7 heteroatoms. The first-order valence-electron chi connectivity index (χ1n) is 5.85. The molecule has 0 aromatic carbocycles. The molecule has 2 unspecified atom stereocenters. The Kier molecular flexibility index (Phi) is 3.51. The Balaban J connectivity index is 2.14. The Morgan fingerprint density at radius 2 is 2.17 bits per heavy atom. The van der Waals surface area contributed by atoms with Crippen molar-refractivity contribution in [2.45, 2.75) is 12.5 Å². The molecule has 2 saturated heterocycles. The highest BCUT2D eigenvalue weighted by molar-refractivity contribution is 5.92. The predicted molar refractivity (Wildman–Crippen MR) is 59.7 cm³/mol. The highest BCUT2D eigenvalue weighted by Gasteiger charge is 2.40. The first kappa shape index (κ1) is 12.8. The van der Waals surface area contributed by atoms with Gasteiger partial charge in [-0.2, -0.15) is 0 Å². The molecule has 2 aliphatic rings. The second-order valence-corrected chi connectivity index (χ2v) is 4.65. The molecule has 100 valence electrons. The first-order valence-corrected chi connectivity index (χ1v) is 5.85. The van der Waals surface area contributed by atoms with Crippen LogP contribution in [0.4, 0.5) is 0 Å². The number of ether oxygens (including phenoxy) is 1. The Hall–Kier alpha value is -1.63. The summed E-state index contributed by atoms with van der Waals surface area (Å²) in [5, 5.41) is 9.14. The van der Waals surface area contributed by atoms with Crippen molar-refractivity contribution < 1.29 is 24.2 Å². The van der Waals surface area contributed by atoms with Gasteiger partial charge in [-0.05, 0) is 6.42 Å². The van der Waals surface area contributed by atoms with Crippen molar-refractivity contribution in [2.75, 3.05) is 33.4 Å². The number of likely N-dealkylation sites (N-methyl/N-ethyl adjacent to an activating group) is 1. The summed E-state index contributed by atoms with van der Waals surface area (Å²) in [6.45, 7) is 0.692. The van der Waals surface area contributed by atoms with Crippen LogP contribution in [0, 0.1) is 5.92 Å². The molecule has 2 rings (SSSR count). The van der Waals surface area contributed by atoms with Crippen molar-refractivity contribution in [3.05, 3.63) is 0 Å². The maximum Gasteiger partial charge on any atom is 0.328 e. The second kappa shape index (κ2) is 4.93. The molecule has 18 heavy (non-hydrogen) atoms. The molecule has 2 amide bonds. The molecular weight excluding hydrogens is 240 g/mol. The zero-order valence-electron chi connectivity index (χ0n) is 10.2. The molecule has 1 N–H and O–H groups in total. The van der Waals surface area contributed by atoms with Crippen LogP contribution < -0.4 is 0 Å². The number of hydrogen-bond acceptors (Lipinski definition) is 4. The van der Waals surface area contributed by atoms with Crippen LogP contribution in [0.15, 0.2) is 0 Å². The number of hydrogen-bond donors (Lipinski definition) is 1. The van der Waals surface area contributed by atoms with Crippen LogP contribution in [-0.4, -0.2) is 72.1 Å². The molecule has 0 aromatic heterocycles. The van der Waals surface area contributed by atoms with Gasteiger partial charge >= 0.3 is 5.97 Å². The molecule has 2 atom stereocenters. The third kappa shape index (κ3) is 2.31. The average molecular weight is 256 g/mol. The minimum atomic E-state index is -1.08. The lowest BCUT2D eigenvalue weighted by Gasteiger charge is -2.38. The topological polar surface area (TPSA) is 87.2 Å². The maximum absolute atomic E-state index is 12.2. The fraction of sp³-hybridized carbons (Fsp3) is 0.727. The van der Waals surface area contributed by atoms with Gasteiger partial charge in [0, 0.05) is 13.7 Å². The quantitative estimate of drug-likeness (QED) is 0.669. The predicted octanol–water partition coefficient (Wildman–Crippen LogP) is -1.22. The van der Waals surface area contributed by atoms with Crippen molar-refractivity contribution >= 4 is 17.8 Å². The fourth-order valence-corrected chi connectivity index (χ4v) is 2.24. The lowest BCUT2D eigenvalue weighted by Crippen LogP contribution is -2.60. The van der Waals surface area contributed by atoms with Gasteiger partial charge in [-0.1, -0.05) is 0 Å². The van der Waals surface area contributed by atoms with Crippen molar-refractivity contribution in [3.63, 3.8) is 0 Å². The third-order valence-corrected chi connectivity index (χ3v) is 3.40. The summed E-state index contributed by atoms with van der Waals surface area (Å²) < 4.78 is 5.12. The van der Waals surface area contributed by atoms with Gasteiger partial charge in [-0.15, -0.1) is 0 Å². The van der Waals surface area contributed by atoms with Crippen LogP contribution in [0.3, 0.4) is 0 Å². The standard InChI is InChI=1S/C11H16N2O5/c1-12-4-8(11(16)17)13(5-9(12)14)10(15)7-2-3-18-6-7/h7-8H,2-6H2,1H3,(H,16,17). The number of carboxylic acid groups (broad SMARTS) is 1. The molecule has 0 saturated carbocycles. The molecule has 0 aliphatic carbocycles. The molecule has 2 aliphatic heterocycles. The van der Waals surface area contributed by atoms with Crippen molar-refractivity contribution in [1.82, 2.24) is 9.80 Å². The Bertz CT molecular complexity index is 378. The van der Waals surface area contributed by atoms with E-state index in [0.717, 1.165) is 0 Å². The van der Waals surface area contributed by atoms with Gasteiger partial charge < -0.3 is 19.6 Å². The number of carboxylic acids is 1. The molecular formula is C11H16N2O5. The van der Waals surface area contributed by atoms with E-state index < -0.39 is 12.0 Å². The molecule has 7 nitrogen and oxygen atoms in total. The smallest absolute Gasteiger partial charge is 0.328 e. The van der Waals surface area contributed by atoms with Gasteiger partial charge in [0.05, 0.1) is 19.1 Å². The number of aliphatic carboxylic acids is 1. The van der Waals surface area contributed by atoms with E-state index in [1.807, 2.05) is 0 Å². The summed E-state index contributed by atoms with van der Waals surface area (Å²) >= 11 is 0. The zero-order chi connectivity index (χ0) is 13.3. The zero-order valence-corrected chi connectivity index (χ0v) is 10.2. The highest BCUT2D eigenvalue weighted by Crippen LogP contribution is 2.19. The van der Waals surface area contributed by atoms with Crippen LogP contribution in [-0.2, 0) is 19.1 Å². The molecule has 0 aromatic rings. The van der Waals surface area contributed by atoms with Crippen LogP contribution in [0.2, 0.25) is 0 Å². The van der Waals surface area contributed by atoms with Crippen LogP contribution >= 0.6 is 0 Å². The van der Waals surface area contributed by atoms with Gasteiger partial charge in [-0.25, -0.2) is 4.79 Å². The van der Waals surface area contributed by atoms with E-state index in [1.165, 1.54) is 9.80 Å². The van der Waals surface area contributed by atoms with Crippen molar-refractivity contribution in [3.8, 4) is 0 Å². The van der Waals surface area contributed by atoms with E-state index in [1.54, 1.807) is 7.05 Å². The SMILES string of the molecule is CN1CC(C(=O)O)N(C(=O)C2CCOC2)CC1=O. The van der Waals surface area contributed by atoms with Gasteiger partial charge in [0.25, 0.3) is 0 Å². The first-order chi connectivity index (χ1) is 8.50.